The van der Waals surface area contributed by atoms with Gasteiger partial charge < -0.3 is 23.7 Å². The summed E-state index contributed by atoms with van der Waals surface area (Å²) in [7, 11) is 6.21. The minimum Gasteiger partial charge on any atom is -0.495 e. The first-order valence-corrected chi connectivity index (χ1v) is 10.7. The van der Waals surface area contributed by atoms with Crippen LogP contribution in [0.1, 0.15) is 16.7 Å². The van der Waals surface area contributed by atoms with Gasteiger partial charge >= 0.3 is 6.09 Å². The smallest absolute Gasteiger partial charge is 0.417 e. The fourth-order valence-corrected chi connectivity index (χ4v) is 3.37. The van der Waals surface area contributed by atoms with Gasteiger partial charge in [0.05, 0.1) is 34.1 Å². The largest absolute Gasteiger partial charge is 0.495 e. The normalized spacial score (nSPS) is 10.6. The number of rotatable bonds is 8. The van der Waals surface area contributed by atoms with Gasteiger partial charge in [-0.05, 0) is 60.0 Å². The van der Waals surface area contributed by atoms with Gasteiger partial charge in [-0.3, -0.25) is 5.32 Å². The van der Waals surface area contributed by atoms with Crippen molar-refractivity contribution in [3.8, 4) is 28.7 Å². The molecule has 8 heteroatoms. The Morgan fingerprint density at radius 2 is 1.44 bits per heavy atom. The molecule has 0 spiro atoms. The molecule has 1 N–H and O–H groups in total. The zero-order valence-corrected chi connectivity index (χ0v) is 20.4. The Kier molecular flexibility index (Phi) is 8.27. The molecule has 178 valence electrons. The number of anilines is 1. The summed E-state index contributed by atoms with van der Waals surface area (Å²) in [5, 5.41) is 3.23. The van der Waals surface area contributed by atoms with Gasteiger partial charge in [0, 0.05) is 5.02 Å². The van der Waals surface area contributed by atoms with Gasteiger partial charge in [0.15, 0.2) is 11.5 Å². The molecule has 0 aromatic heterocycles. The third kappa shape index (κ3) is 5.94. The number of hydrogen-bond donors (Lipinski definition) is 1. The number of ether oxygens (including phenoxy) is 5. The highest BCUT2D eigenvalue weighted by atomic mass is 35.5. The summed E-state index contributed by atoms with van der Waals surface area (Å²) < 4.78 is 26.9. The Bertz CT molecular complexity index is 1180. The van der Waals surface area contributed by atoms with Crippen molar-refractivity contribution in [1.82, 2.24) is 0 Å². The van der Waals surface area contributed by atoms with Crippen LogP contribution in [0.15, 0.2) is 48.5 Å². The van der Waals surface area contributed by atoms with E-state index in [2.05, 4.69) is 5.32 Å². The molecule has 34 heavy (non-hydrogen) atoms. The Morgan fingerprint density at radius 3 is 2.03 bits per heavy atom. The van der Waals surface area contributed by atoms with Crippen molar-refractivity contribution in [2.75, 3.05) is 33.8 Å². The summed E-state index contributed by atoms with van der Waals surface area (Å²) in [5.74, 6) is 2.45. The number of hydrogen-bond acceptors (Lipinski definition) is 6. The Labute approximate surface area is 203 Å². The number of aryl methyl sites for hydroxylation is 1. The van der Waals surface area contributed by atoms with Crippen LogP contribution in [0.4, 0.5) is 10.5 Å². The third-order valence-electron chi connectivity index (χ3n) is 4.97. The SMILES string of the molecule is COc1ccc(/C=C\c2cc(OC)c(OC)c(OC)c2)cc1NC(=O)Oc1ccc(C)c(Cl)c1. The van der Waals surface area contributed by atoms with Crippen LogP contribution >= 0.6 is 11.6 Å². The van der Waals surface area contributed by atoms with Crippen molar-refractivity contribution >= 4 is 35.5 Å². The minimum atomic E-state index is -0.663. The summed E-state index contributed by atoms with van der Waals surface area (Å²) >= 11 is 6.10. The maximum atomic E-state index is 12.4. The van der Waals surface area contributed by atoms with Crippen LogP contribution in [0.2, 0.25) is 5.02 Å². The van der Waals surface area contributed by atoms with Crippen molar-refractivity contribution < 1.29 is 28.5 Å². The Hall–Kier alpha value is -3.84. The minimum absolute atomic E-state index is 0.338. The molecule has 0 saturated heterocycles. The highest BCUT2D eigenvalue weighted by molar-refractivity contribution is 6.31. The van der Waals surface area contributed by atoms with Crippen LogP contribution in [-0.4, -0.2) is 34.5 Å². The molecule has 0 aliphatic carbocycles. The van der Waals surface area contributed by atoms with E-state index in [0.29, 0.717) is 39.5 Å². The van der Waals surface area contributed by atoms with Crippen molar-refractivity contribution in [2.45, 2.75) is 6.92 Å². The Balaban J connectivity index is 1.81. The van der Waals surface area contributed by atoms with E-state index in [1.807, 2.05) is 37.3 Å². The molecule has 1 amide bonds. The number of benzene rings is 3. The van der Waals surface area contributed by atoms with Gasteiger partial charge in [-0.15, -0.1) is 0 Å². The maximum Gasteiger partial charge on any atom is 0.417 e. The lowest BCUT2D eigenvalue weighted by Gasteiger charge is -2.13. The molecule has 0 saturated carbocycles. The van der Waals surface area contributed by atoms with E-state index < -0.39 is 6.09 Å². The van der Waals surface area contributed by atoms with E-state index in [-0.39, 0.29) is 0 Å². The number of nitrogens with one attached hydrogen (secondary N) is 1. The first kappa shape index (κ1) is 24.8. The predicted octanol–water partition coefficient (Wildman–Crippen LogP) is 6.46. The second-order valence-electron chi connectivity index (χ2n) is 7.18. The molecular formula is C26H26ClNO6. The quantitative estimate of drug-likeness (QED) is 0.370. The zero-order valence-electron chi connectivity index (χ0n) is 19.6. The molecule has 0 aliphatic rings. The maximum absolute atomic E-state index is 12.4. The van der Waals surface area contributed by atoms with Gasteiger partial charge in [0.2, 0.25) is 5.75 Å². The molecule has 0 radical (unpaired) electrons. The molecule has 0 fully saturated rings. The number of amides is 1. The lowest BCUT2D eigenvalue weighted by atomic mass is 10.1. The van der Waals surface area contributed by atoms with Crippen molar-refractivity contribution in [1.29, 1.82) is 0 Å². The summed E-state index contributed by atoms with van der Waals surface area (Å²) in [6.45, 7) is 1.87. The molecule has 3 aromatic carbocycles. The topological polar surface area (TPSA) is 75.3 Å². The molecule has 0 unspecified atom stereocenters. The summed E-state index contributed by atoms with van der Waals surface area (Å²) in [5.41, 5.74) is 3.01. The summed E-state index contributed by atoms with van der Waals surface area (Å²) in [4.78, 5) is 12.4. The highest BCUT2D eigenvalue weighted by Crippen LogP contribution is 2.38. The molecule has 0 heterocycles. The van der Waals surface area contributed by atoms with Crippen LogP contribution in [-0.2, 0) is 0 Å². The van der Waals surface area contributed by atoms with E-state index in [1.54, 1.807) is 51.7 Å². The second-order valence-corrected chi connectivity index (χ2v) is 7.58. The predicted molar refractivity (Wildman–Crippen MR) is 134 cm³/mol. The fraction of sp³-hybridized carbons (Fsp3) is 0.192. The lowest BCUT2D eigenvalue weighted by molar-refractivity contribution is 0.215. The second kappa shape index (κ2) is 11.3. The molecular weight excluding hydrogens is 458 g/mol. The van der Waals surface area contributed by atoms with E-state index in [4.69, 9.17) is 35.3 Å². The first-order valence-electron chi connectivity index (χ1n) is 10.3. The van der Waals surface area contributed by atoms with E-state index in [0.717, 1.165) is 16.7 Å². The highest BCUT2D eigenvalue weighted by Gasteiger charge is 2.13. The number of carbonyl (C=O) groups excluding carboxylic acids is 1. The van der Waals surface area contributed by atoms with Gasteiger partial charge in [-0.2, -0.15) is 0 Å². The average Bonchev–Trinajstić information content (AvgIpc) is 2.84. The van der Waals surface area contributed by atoms with Gasteiger partial charge in [0.1, 0.15) is 11.5 Å². The lowest BCUT2D eigenvalue weighted by Crippen LogP contribution is -2.17. The molecule has 0 aliphatic heterocycles. The van der Waals surface area contributed by atoms with Crippen LogP contribution < -0.4 is 29.0 Å². The van der Waals surface area contributed by atoms with Crippen molar-refractivity contribution in [3.05, 3.63) is 70.2 Å². The molecule has 3 rings (SSSR count). The molecule has 3 aromatic rings. The molecule has 0 bridgehead atoms. The summed E-state index contributed by atoms with van der Waals surface area (Å²) in [6, 6.07) is 14.1. The van der Waals surface area contributed by atoms with Gasteiger partial charge in [-0.25, -0.2) is 4.79 Å². The van der Waals surface area contributed by atoms with E-state index >= 15 is 0 Å². The first-order chi connectivity index (χ1) is 16.4. The Morgan fingerprint density at radius 1 is 0.794 bits per heavy atom. The van der Waals surface area contributed by atoms with Gasteiger partial charge in [0.25, 0.3) is 0 Å². The van der Waals surface area contributed by atoms with E-state index in [1.165, 1.54) is 7.11 Å². The number of methoxy groups -OCH3 is 4. The average molecular weight is 484 g/mol. The van der Waals surface area contributed by atoms with Crippen LogP contribution in [0.25, 0.3) is 12.2 Å². The van der Waals surface area contributed by atoms with Crippen LogP contribution in [0.3, 0.4) is 0 Å². The van der Waals surface area contributed by atoms with Crippen LogP contribution in [0, 0.1) is 6.92 Å². The summed E-state index contributed by atoms with van der Waals surface area (Å²) in [6.07, 6.45) is 3.11. The fourth-order valence-electron chi connectivity index (χ4n) is 3.20. The monoisotopic (exact) mass is 483 g/mol. The number of carbonyl (C=O) groups is 1. The molecule has 0 atom stereocenters. The van der Waals surface area contributed by atoms with Crippen molar-refractivity contribution in [3.63, 3.8) is 0 Å². The third-order valence-corrected chi connectivity index (χ3v) is 5.38. The standard InChI is InChI=1S/C26H26ClNO6/c1-16-6-10-19(15-20(16)27)34-26(29)28-21-12-17(9-11-22(21)30-2)7-8-18-13-23(31-3)25(33-5)24(14-18)32-4/h6-15H,1-5H3,(H,28,29)/b8-7-. The molecule has 7 nitrogen and oxygen atoms in total. The van der Waals surface area contributed by atoms with Crippen molar-refractivity contribution in [2.24, 2.45) is 0 Å². The zero-order chi connectivity index (χ0) is 24.7. The van der Waals surface area contributed by atoms with Crippen LogP contribution in [0.5, 0.6) is 28.7 Å². The van der Waals surface area contributed by atoms with Gasteiger partial charge in [-0.1, -0.05) is 35.9 Å². The van der Waals surface area contributed by atoms with E-state index in [9.17, 15) is 4.79 Å². The number of halogens is 1.